The third-order valence-corrected chi connectivity index (χ3v) is 1.60. The molecule has 0 aliphatic carbocycles. The Bertz CT molecular complexity index is 547. The Morgan fingerprint density at radius 2 is 2.29 bits per heavy atom. The molecule has 1 aromatic heterocycles. The number of hydrogen-bond donors (Lipinski definition) is 0. The number of carbonyl (C=O) groups excluding carboxylic acids is 1. The SMILES string of the molecule is CO/N=C(\C#N)c1nn(C(=O)N(C)C)c(=O)o1. The van der Waals surface area contributed by atoms with Crippen molar-refractivity contribution in [3.05, 3.63) is 16.4 Å². The average molecular weight is 239 g/mol. The first-order valence-electron chi connectivity index (χ1n) is 4.34. The van der Waals surface area contributed by atoms with Crippen LogP contribution in [-0.2, 0) is 4.84 Å². The topological polar surface area (TPSA) is 114 Å². The smallest absolute Gasteiger partial charge is 0.398 e. The van der Waals surface area contributed by atoms with Gasteiger partial charge >= 0.3 is 11.8 Å². The van der Waals surface area contributed by atoms with Crippen LogP contribution in [0.2, 0.25) is 0 Å². The zero-order chi connectivity index (χ0) is 13.0. The van der Waals surface area contributed by atoms with E-state index in [4.69, 9.17) is 5.26 Å². The number of oxime groups is 1. The number of aromatic nitrogens is 2. The van der Waals surface area contributed by atoms with E-state index in [1.165, 1.54) is 21.2 Å². The standard InChI is InChI=1S/C8H9N5O4/c1-12(2)7(14)13-8(15)17-6(10-13)5(4-9)11-16-3/h1-3H3/b11-5+. The molecule has 0 radical (unpaired) electrons. The van der Waals surface area contributed by atoms with E-state index in [9.17, 15) is 9.59 Å². The molecule has 0 bridgehead atoms. The minimum Gasteiger partial charge on any atom is -0.398 e. The summed E-state index contributed by atoms with van der Waals surface area (Å²) in [6, 6.07) is 0.925. The van der Waals surface area contributed by atoms with E-state index >= 15 is 0 Å². The Labute approximate surface area is 95.5 Å². The predicted octanol–water partition coefficient (Wildman–Crippen LogP) is -0.760. The van der Waals surface area contributed by atoms with Crippen LogP contribution in [0, 0.1) is 11.3 Å². The molecule has 0 unspecified atom stereocenters. The van der Waals surface area contributed by atoms with Gasteiger partial charge in [0.2, 0.25) is 5.71 Å². The van der Waals surface area contributed by atoms with Crippen LogP contribution in [0.25, 0.3) is 0 Å². The third kappa shape index (κ3) is 2.49. The second-order valence-electron chi connectivity index (χ2n) is 3.00. The molecule has 9 heteroatoms. The van der Waals surface area contributed by atoms with Gasteiger partial charge in [0, 0.05) is 14.1 Å². The number of nitrogens with zero attached hydrogens (tertiary/aromatic N) is 5. The van der Waals surface area contributed by atoms with Gasteiger partial charge in [0.25, 0.3) is 5.89 Å². The highest BCUT2D eigenvalue weighted by molar-refractivity contribution is 6.08. The highest BCUT2D eigenvalue weighted by atomic mass is 16.6. The molecule has 0 saturated carbocycles. The van der Waals surface area contributed by atoms with Crippen LogP contribution < -0.4 is 5.76 Å². The second-order valence-corrected chi connectivity index (χ2v) is 3.00. The molecular weight excluding hydrogens is 230 g/mol. The van der Waals surface area contributed by atoms with Crippen LogP contribution in [0.15, 0.2) is 14.4 Å². The first kappa shape index (κ1) is 12.4. The van der Waals surface area contributed by atoms with Gasteiger partial charge < -0.3 is 14.2 Å². The fraction of sp³-hybridized carbons (Fsp3) is 0.375. The Hall–Kier alpha value is -2.63. The Morgan fingerprint density at radius 3 is 2.76 bits per heavy atom. The average Bonchev–Trinajstić information content (AvgIpc) is 2.66. The highest BCUT2D eigenvalue weighted by Gasteiger charge is 2.20. The quantitative estimate of drug-likeness (QED) is 0.495. The molecule has 0 atom stereocenters. The lowest BCUT2D eigenvalue weighted by atomic mass is 10.4. The van der Waals surface area contributed by atoms with E-state index in [1.54, 1.807) is 6.07 Å². The molecule has 9 nitrogen and oxygen atoms in total. The Kier molecular flexibility index (Phi) is 3.61. The molecule has 90 valence electrons. The van der Waals surface area contributed by atoms with Gasteiger partial charge in [0.05, 0.1) is 0 Å². The lowest BCUT2D eigenvalue weighted by molar-refractivity contribution is 0.213. The summed E-state index contributed by atoms with van der Waals surface area (Å²) in [4.78, 5) is 28.2. The molecule has 0 aliphatic heterocycles. The molecule has 1 aromatic rings. The fourth-order valence-electron chi connectivity index (χ4n) is 0.883. The highest BCUT2D eigenvalue weighted by Crippen LogP contribution is 1.95. The van der Waals surface area contributed by atoms with E-state index in [2.05, 4.69) is 19.5 Å². The van der Waals surface area contributed by atoms with Crippen molar-refractivity contribution in [2.45, 2.75) is 0 Å². The molecular formula is C8H9N5O4. The molecule has 0 spiro atoms. The van der Waals surface area contributed by atoms with Gasteiger partial charge in [-0.2, -0.15) is 5.26 Å². The largest absolute Gasteiger partial charge is 0.446 e. The zero-order valence-electron chi connectivity index (χ0n) is 9.37. The molecule has 0 N–H and O–H groups in total. The molecule has 1 amide bonds. The minimum absolute atomic E-state index is 0.338. The molecule has 17 heavy (non-hydrogen) atoms. The van der Waals surface area contributed by atoms with Gasteiger partial charge in [-0.15, -0.1) is 9.78 Å². The molecule has 1 rings (SSSR count). The van der Waals surface area contributed by atoms with E-state index in [-0.39, 0.29) is 11.6 Å². The van der Waals surface area contributed by atoms with Crippen molar-refractivity contribution in [3.63, 3.8) is 0 Å². The number of carbonyl (C=O) groups is 1. The van der Waals surface area contributed by atoms with Crippen molar-refractivity contribution >= 4 is 11.7 Å². The van der Waals surface area contributed by atoms with E-state index in [0.717, 1.165) is 4.90 Å². The molecule has 0 fully saturated rings. The summed E-state index contributed by atoms with van der Waals surface area (Å²) in [7, 11) is 4.10. The summed E-state index contributed by atoms with van der Waals surface area (Å²) in [5, 5.41) is 15.5. The monoisotopic (exact) mass is 239 g/mol. The zero-order valence-corrected chi connectivity index (χ0v) is 9.37. The van der Waals surface area contributed by atoms with Crippen LogP contribution >= 0.6 is 0 Å². The summed E-state index contributed by atoms with van der Waals surface area (Å²) >= 11 is 0. The van der Waals surface area contributed by atoms with Crippen LogP contribution in [0.1, 0.15) is 5.89 Å². The van der Waals surface area contributed by atoms with Gasteiger partial charge in [-0.25, -0.2) is 9.59 Å². The van der Waals surface area contributed by atoms with E-state index in [1.807, 2.05) is 0 Å². The number of amides is 1. The maximum Gasteiger partial charge on any atom is 0.446 e. The maximum absolute atomic E-state index is 11.5. The summed E-state index contributed by atoms with van der Waals surface area (Å²) < 4.78 is 5.09. The maximum atomic E-state index is 11.5. The number of nitriles is 1. The fourth-order valence-corrected chi connectivity index (χ4v) is 0.883. The van der Waals surface area contributed by atoms with Gasteiger partial charge in [-0.1, -0.05) is 5.16 Å². The summed E-state index contributed by atoms with van der Waals surface area (Å²) in [5.74, 6) is -1.38. The lowest BCUT2D eigenvalue weighted by Crippen LogP contribution is -2.34. The van der Waals surface area contributed by atoms with Gasteiger partial charge in [0.1, 0.15) is 13.2 Å². The number of rotatable bonds is 2. The second kappa shape index (κ2) is 4.93. The van der Waals surface area contributed by atoms with Gasteiger partial charge in [0.15, 0.2) is 0 Å². The lowest BCUT2D eigenvalue weighted by Gasteiger charge is -2.06. The summed E-state index contributed by atoms with van der Waals surface area (Å²) in [6.07, 6.45) is 0. The van der Waals surface area contributed by atoms with E-state index in [0.29, 0.717) is 4.68 Å². The Morgan fingerprint density at radius 1 is 1.65 bits per heavy atom. The molecule has 0 aliphatic rings. The van der Waals surface area contributed by atoms with Crippen LogP contribution in [0.4, 0.5) is 4.79 Å². The molecule has 0 aromatic carbocycles. The van der Waals surface area contributed by atoms with Crippen molar-refractivity contribution in [2.75, 3.05) is 21.2 Å². The van der Waals surface area contributed by atoms with Crippen LogP contribution in [0.3, 0.4) is 0 Å². The molecule has 0 saturated heterocycles. The normalized spacial score (nSPS) is 10.8. The summed E-state index contributed by atoms with van der Waals surface area (Å²) in [6.45, 7) is 0. The van der Waals surface area contributed by atoms with Crippen molar-refractivity contribution in [1.82, 2.24) is 14.7 Å². The first-order valence-corrected chi connectivity index (χ1v) is 4.34. The first-order chi connectivity index (χ1) is 8.01. The minimum atomic E-state index is -1.00. The Balaban J connectivity index is 3.22. The number of hydrogen-bond acceptors (Lipinski definition) is 7. The predicted molar refractivity (Wildman–Crippen MR) is 54.4 cm³/mol. The molecule has 1 heterocycles. The van der Waals surface area contributed by atoms with Crippen molar-refractivity contribution in [3.8, 4) is 6.07 Å². The third-order valence-electron chi connectivity index (χ3n) is 1.60. The van der Waals surface area contributed by atoms with Gasteiger partial charge in [-0.3, -0.25) is 0 Å². The van der Waals surface area contributed by atoms with Gasteiger partial charge in [-0.05, 0) is 0 Å². The van der Waals surface area contributed by atoms with E-state index < -0.39 is 11.8 Å². The van der Waals surface area contributed by atoms with Crippen LogP contribution in [-0.4, -0.2) is 47.6 Å². The van der Waals surface area contributed by atoms with Crippen LogP contribution in [0.5, 0.6) is 0 Å². The van der Waals surface area contributed by atoms with Crippen molar-refractivity contribution in [2.24, 2.45) is 5.16 Å². The van der Waals surface area contributed by atoms with Crippen molar-refractivity contribution in [1.29, 1.82) is 5.26 Å². The van der Waals surface area contributed by atoms with Crippen molar-refractivity contribution < 1.29 is 14.0 Å². The summed E-state index contributed by atoms with van der Waals surface area (Å²) in [5.41, 5.74) is -0.338.